The number of anilines is 1. The molecular formula is C18H18N2OS2. The van der Waals surface area contributed by atoms with E-state index in [0.29, 0.717) is 0 Å². The Morgan fingerprint density at radius 2 is 1.96 bits per heavy atom. The van der Waals surface area contributed by atoms with Gasteiger partial charge in [-0.25, -0.2) is 4.98 Å². The van der Waals surface area contributed by atoms with Crippen molar-refractivity contribution in [2.45, 2.75) is 17.0 Å². The van der Waals surface area contributed by atoms with Crippen LogP contribution in [0.15, 0.2) is 52.9 Å². The van der Waals surface area contributed by atoms with E-state index in [4.69, 9.17) is 10.5 Å². The summed E-state index contributed by atoms with van der Waals surface area (Å²) in [6.07, 6.45) is 0. The van der Waals surface area contributed by atoms with E-state index in [1.807, 2.05) is 24.3 Å². The molecule has 5 heteroatoms. The number of thiazole rings is 1. The van der Waals surface area contributed by atoms with Crippen LogP contribution < -0.4 is 10.5 Å². The van der Waals surface area contributed by atoms with Crippen LogP contribution >= 0.6 is 23.1 Å². The van der Waals surface area contributed by atoms with Crippen LogP contribution in [0.5, 0.6) is 5.75 Å². The summed E-state index contributed by atoms with van der Waals surface area (Å²) >= 11 is 3.26. The summed E-state index contributed by atoms with van der Waals surface area (Å²) < 4.78 is 6.18. The van der Waals surface area contributed by atoms with Gasteiger partial charge in [-0.1, -0.05) is 52.9 Å². The van der Waals surface area contributed by atoms with Crippen LogP contribution in [0.2, 0.25) is 0 Å². The number of aryl methyl sites for hydroxylation is 1. The van der Waals surface area contributed by atoms with Crippen molar-refractivity contribution >= 4 is 28.1 Å². The van der Waals surface area contributed by atoms with Crippen molar-refractivity contribution in [3.8, 4) is 17.0 Å². The number of rotatable bonds is 5. The van der Waals surface area contributed by atoms with E-state index in [9.17, 15) is 0 Å². The number of benzene rings is 2. The first-order valence-electron chi connectivity index (χ1n) is 7.25. The van der Waals surface area contributed by atoms with Gasteiger partial charge in [0.2, 0.25) is 0 Å². The van der Waals surface area contributed by atoms with Crippen molar-refractivity contribution in [2.24, 2.45) is 0 Å². The molecule has 0 aliphatic carbocycles. The Morgan fingerprint density at radius 1 is 1.17 bits per heavy atom. The van der Waals surface area contributed by atoms with Gasteiger partial charge in [0, 0.05) is 11.3 Å². The van der Waals surface area contributed by atoms with Crippen LogP contribution in [0.3, 0.4) is 0 Å². The molecule has 2 aromatic carbocycles. The molecule has 0 aliphatic heterocycles. The molecule has 0 fully saturated rings. The van der Waals surface area contributed by atoms with E-state index in [0.717, 1.165) is 32.1 Å². The first-order chi connectivity index (χ1) is 11.2. The number of nitrogen functional groups attached to an aromatic ring is 1. The average Bonchev–Trinajstić information content (AvgIpc) is 2.94. The van der Waals surface area contributed by atoms with Crippen molar-refractivity contribution in [2.75, 3.05) is 12.8 Å². The molecule has 0 amide bonds. The second-order valence-electron chi connectivity index (χ2n) is 5.20. The van der Waals surface area contributed by atoms with Gasteiger partial charge in [-0.3, -0.25) is 0 Å². The lowest BCUT2D eigenvalue weighted by Crippen LogP contribution is -1.87. The summed E-state index contributed by atoms with van der Waals surface area (Å²) in [5, 5.41) is 0.752. The molecule has 3 nitrogen and oxygen atoms in total. The lowest BCUT2D eigenvalue weighted by atomic mass is 10.1. The average molecular weight is 342 g/mol. The quantitative estimate of drug-likeness (QED) is 0.663. The van der Waals surface area contributed by atoms with Gasteiger partial charge in [0.25, 0.3) is 0 Å². The molecule has 1 heterocycles. The van der Waals surface area contributed by atoms with Crippen molar-refractivity contribution in [1.29, 1.82) is 0 Å². The van der Waals surface area contributed by atoms with Gasteiger partial charge in [0.05, 0.1) is 7.11 Å². The smallest absolute Gasteiger partial charge is 0.152 e. The van der Waals surface area contributed by atoms with Gasteiger partial charge >= 0.3 is 0 Å². The van der Waals surface area contributed by atoms with Gasteiger partial charge in [-0.2, -0.15) is 0 Å². The van der Waals surface area contributed by atoms with Gasteiger partial charge in [-0.05, 0) is 36.8 Å². The SMILES string of the molecule is COc1ccc(-c2nc(SCc3cccc(C)c3)sc2N)cc1. The molecule has 1 aromatic heterocycles. The van der Waals surface area contributed by atoms with Gasteiger partial charge in [-0.15, -0.1) is 0 Å². The van der Waals surface area contributed by atoms with Crippen LogP contribution in [0.4, 0.5) is 5.00 Å². The lowest BCUT2D eigenvalue weighted by molar-refractivity contribution is 0.415. The third kappa shape index (κ3) is 3.86. The number of hydrogen-bond acceptors (Lipinski definition) is 5. The zero-order valence-electron chi connectivity index (χ0n) is 13.1. The fourth-order valence-corrected chi connectivity index (χ4v) is 4.17. The standard InChI is InChI=1S/C18H18N2OS2/c1-12-4-3-5-13(10-12)11-22-18-20-16(17(19)23-18)14-6-8-15(21-2)9-7-14/h3-10H,11,19H2,1-2H3. The number of thioether (sulfide) groups is 1. The number of nitrogens with zero attached hydrogens (tertiary/aromatic N) is 1. The van der Waals surface area contributed by atoms with E-state index in [-0.39, 0.29) is 0 Å². The number of methoxy groups -OCH3 is 1. The van der Waals surface area contributed by atoms with Crippen molar-refractivity contribution in [3.63, 3.8) is 0 Å². The number of aromatic nitrogens is 1. The second kappa shape index (κ2) is 7.06. The highest BCUT2D eigenvalue weighted by atomic mass is 32.2. The van der Waals surface area contributed by atoms with Crippen LogP contribution in [-0.2, 0) is 5.75 Å². The fourth-order valence-electron chi connectivity index (χ4n) is 2.28. The highest BCUT2D eigenvalue weighted by molar-refractivity contribution is 8.00. The molecule has 0 bridgehead atoms. The van der Waals surface area contributed by atoms with Crippen molar-refractivity contribution in [3.05, 3.63) is 59.7 Å². The molecule has 0 spiro atoms. The summed E-state index contributed by atoms with van der Waals surface area (Å²) in [5.41, 5.74) is 10.6. The minimum Gasteiger partial charge on any atom is -0.497 e. The molecule has 0 saturated heterocycles. The zero-order chi connectivity index (χ0) is 16.2. The number of hydrogen-bond donors (Lipinski definition) is 1. The van der Waals surface area contributed by atoms with E-state index < -0.39 is 0 Å². The van der Waals surface area contributed by atoms with Crippen molar-refractivity contribution < 1.29 is 4.74 Å². The first kappa shape index (κ1) is 15.9. The monoisotopic (exact) mass is 342 g/mol. The molecule has 2 N–H and O–H groups in total. The molecule has 23 heavy (non-hydrogen) atoms. The van der Waals surface area contributed by atoms with Crippen LogP contribution in [0, 0.1) is 6.92 Å². The predicted octanol–water partition coefficient (Wildman–Crippen LogP) is 5.00. The molecular weight excluding hydrogens is 324 g/mol. The summed E-state index contributed by atoms with van der Waals surface area (Å²) in [6.45, 7) is 2.11. The van der Waals surface area contributed by atoms with E-state index in [1.165, 1.54) is 11.1 Å². The Labute approximate surface area is 144 Å². The molecule has 0 unspecified atom stereocenters. The van der Waals surface area contributed by atoms with Crippen LogP contribution in [-0.4, -0.2) is 12.1 Å². The predicted molar refractivity (Wildman–Crippen MR) is 99.3 cm³/mol. The molecule has 3 rings (SSSR count). The highest BCUT2D eigenvalue weighted by Crippen LogP contribution is 2.37. The Hall–Kier alpha value is -1.98. The Balaban J connectivity index is 1.75. The summed E-state index contributed by atoms with van der Waals surface area (Å²) in [4.78, 5) is 4.69. The first-order valence-corrected chi connectivity index (χ1v) is 9.05. The molecule has 118 valence electrons. The normalized spacial score (nSPS) is 10.7. The van der Waals surface area contributed by atoms with Crippen LogP contribution in [0.25, 0.3) is 11.3 Å². The number of nitrogens with two attached hydrogens (primary N) is 1. The maximum Gasteiger partial charge on any atom is 0.152 e. The molecule has 0 atom stereocenters. The largest absolute Gasteiger partial charge is 0.497 e. The minimum atomic E-state index is 0.752. The third-order valence-corrected chi connectivity index (χ3v) is 5.54. The number of ether oxygens (including phenoxy) is 1. The molecule has 0 radical (unpaired) electrons. The minimum absolute atomic E-state index is 0.752. The van der Waals surface area contributed by atoms with Gasteiger partial charge in [0.1, 0.15) is 16.4 Å². The van der Waals surface area contributed by atoms with E-state index in [2.05, 4.69) is 36.2 Å². The molecule has 0 aliphatic rings. The fraction of sp³-hybridized carbons (Fsp3) is 0.167. The highest BCUT2D eigenvalue weighted by Gasteiger charge is 2.11. The third-order valence-electron chi connectivity index (χ3n) is 3.44. The van der Waals surface area contributed by atoms with Crippen molar-refractivity contribution in [1.82, 2.24) is 4.98 Å². The van der Waals surface area contributed by atoms with E-state index >= 15 is 0 Å². The van der Waals surface area contributed by atoms with E-state index in [1.54, 1.807) is 30.2 Å². The Morgan fingerprint density at radius 3 is 2.65 bits per heavy atom. The lowest BCUT2D eigenvalue weighted by Gasteiger charge is -2.02. The summed E-state index contributed by atoms with van der Waals surface area (Å²) in [7, 11) is 1.66. The Kier molecular flexibility index (Phi) is 4.88. The second-order valence-corrected chi connectivity index (χ2v) is 7.45. The maximum atomic E-state index is 6.15. The van der Waals surface area contributed by atoms with Gasteiger partial charge in [0.15, 0.2) is 4.34 Å². The maximum absolute atomic E-state index is 6.15. The molecule has 0 saturated carbocycles. The summed E-state index contributed by atoms with van der Waals surface area (Å²) in [5.74, 6) is 1.73. The Bertz CT molecular complexity index is 797. The summed E-state index contributed by atoms with van der Waals surface area (Å²) in [6, 6.07) is 16.4. The van der Waals surface area contributed by atoms with Crippen LogP contribution in [0.1, 0.15) is 11.1 Å². The zero-order valence-corrected chi connectivity index (χ0v) is 14.7. The molecule has 3 aromatic rings. The van der Waals surface area contributed by atoms with Gasteiger partial charge < -0.3 is 10.5 Å². The topological polar surface area (TPSA) is 48.1 Å².